The van der Waals surface area contributed by atoms with Crippen molar-refractivity contribution in [1.82, 2.24) is 10.2 Å². The van der Waals surface area contributed by atoms with Crippen LogP contribution in [0.5, 0.6) is 0 Å². The molecule has 5 rings (SSSR count). The van der Waals surface area contributed by atoms with E-state index in [1.165, 1.54) is 0 Å². The van der Waals surface area contributed by atoms with E-state index in [1.807, 2.05) is 54.6 Å². The minimum absolute atomic E-state index is 0.0837. The van der Waals surface area contributed by atoms with Crippen LogP contribution in [0.4, 0.5) is 5.69 Å². The van der Waals surface area contributed by atoms with Gasteiger partial charge in [0.15, 0.2) is 0 Å². The Balaban J connectivity index is 1.81. The number of carbonyl (C=O) groups excluding carboxylic acids is 1. The Morgan fingerprint density at radius 2 is 1.68 bits per heavy atom. The normalized spacial score (nSPS) is 17.9. The van der Waals surface area contributed by atoms with E-state index in [2.05, 4.69) is 27.6 Å². The quantitative estimate of drug-likeness (QED) is 0.536. The number of benzene rings is 3. The van der Waals surface area contributed by atoms with Crippen molar-refractivity contribution in [3.05, 3.63) is 106 Å². The molecule has 1 aromatic heterocycles. The summed E-state index contributed by atoms with van der Waals surface area (Å²) in [7, 11) is 0. The van der Waals surface area contributed by atoms with E-state index in [0.29, 0.717) is 10.9 Å². The van der Waals surface area contributed by atoms with Gasteiger partial charge in [-0.25, -0.2) is 5.10 Å². The molecule has 136 valence electrons. The predicted octanol–water partition coefficient (Wildman–Crippen LogP) is 4.03. The fourth-order valence-corrected chi connectivity index (χ4v) is 4.11. The van der Waals surface area contributed by atoms with Crippen molar-refractivity contribution in [3.63, 3.8) is 0 Å². The molecule has 2 atom stereocenters. The fourth-order valence-electron chi connectivity index (χ4n) is 4.11. The highest BCUT2D eigenvalue weighted by Crippen LogP contribution is 2.46. The van der Waals surface area contributed by atoms with Crippen LogP contribution in [0, 0.1) is 0 Å². The fraction of sp³-hybridized carbons (Fsp3) is 0.0870. The Bertz CT molecular complexity index is 1250. The molecular formula is C23H17N3O2. The molecular weight excluding hydrogens is 350 g/mol. The van der Waals surface area contributed by atoms with E-state index in [4.69, 9.17) is 0 Å². The van der Waals surface area contributed by atoms with Gasteiger partial charge in [0.25, 0.3) is 5.56 Å². The number of carbonyl (C=O) groups is 1. The van der Waals surface area contributed by atoms with Crippen LogP contribution in [-0.2, 0) is 0 Å². The Kier molecular flexibility index (Phi) is 3.79. The van der Waals surface area contributed by atoms with E-state index >= 15 is 0 Å². The number of nitrogens with one attached hydrogen (secondary N) is 2. The highest BCUT2D eigenvalue weighted by atomic mass is 16.1. The number of nitrogens with zero attached hydrogens (tertiary/aromatic N) is 1. The highest BCUT2D eigenvalue weighted by molar-refractivity contribution is 5.97. The van der Waals surface area contributed by atoms with Gasteiger partial charge in [-0.2, -0.15) is 5.10 Å². The summed E-state index contributed by atoms with van der Waals surface area (Å²) in [5.41, 5.74) is 4.19. The summed E-state index contributed by atoms with van der Waals surface area (Å²) in [5, 5.41) is 12.2. The van der Waals surface area contributed by atoms with Gasteiger partial charge in [-0.3, -0.25) is 9.59 Å². The van der Waals surface area contributed by atoms with Crippen molar-refractivity contribution in [2.24, 2.45) is 0 Å². The average Bonchev–Trinajstić information content (AvgIpc) is 2.76. The molecule has 28 heavy (non-hydrogen) atoms. The molecule has 5 heteroatoms. The van der Waals surface area contributed by atoms with Crippen LogP contribution in [-0.4, -0.2) is 16.5 Å². The summed E-state index contributed by atoms with van der Waals surface area (Å²) in [5.74, 6) is -0.156. The number of rotatable bonds is 3. The van der Waals surface area contributed by atoms with Crippen LogP contribution in [0.1, 0.15) is 39.1 Å². The molecule has 0 fully saturated rings. The maximum absolute atomic E-state index is 12.3. The lowest BCUT2D eigenvalue weighted by Gasteiger charge is -2.34. The molecule has 2 N–H and O–H groups in total. The maximum Gasteiger partial charge on any atom is 0.272 e. The first kappa shape index (κ1) is 16.4. The topological polar surface area (TPSA) is 74.8 Å². The zero-order chi connectivity index (χ0) is 19.1. The molecule has 0 bridgehead atoms. The Morgan fingerprint density at radius 3 is 2.50 bits per heavy atom. The van der Waals surface area contributed by atoms with Gasteiger partial charge in [-0.1, -0.05) is 54.6 Å². The molecule has 5 nitrogen and oxygen atoms in total. The third-order valence-corrected chi connectivity index (χ3v) is 5.35. The van der Waals surface area contributed by atoms with E-state index in [1.54, 1.807) is 6.07 Å². The molecule has 3 aromatic carbocycles. The lowest BCUT2D eigenvalue weighted by molar-refractivity contribution is 0.112. The minimum atomic E-state index is -0.207. The summed E-state index contributed by atoms with van der Waals surface area (Å²) >= 11 is 0. The summed E-state index contributed by atoms with van der Waals surface area (Å²) in [6.07, 6.45) is 0.848. The maximum atomic E-state index is 12.3. The number of hydrogen-bond donors (Lipinski definition) is 2. The first-order chi connectivity index (χ1) is 13.8. The Hall–Kier alpha value is -3.73. The molecule has 2 unspecified atom stereocenters. The van der Waals surface area contributed by atoms with Gasteiger partial charge in [-0.05, 0) is 29.3 Å². The second-order valence-corrected chi connectivity index (χ2v) is 6.96. The van der Waals surface area contributed by atoms with Gasteiger partial charge >= 0.3 is 0 Å². The number of H-pyrrole nitrogens is 1. The SMILES string of the molecule is O=Cc1cccc(C2c3n[nH]c(=O)c4cccc(c34)NC2c2ccccc2)c1. The smallest absolute Gasteiger partial charge is 0.272 e. The first-order valence-corrected chi connectivity index (χ1v) is 9.14. The first-order valence-electron chi connectivity index (χ1n) is 9.14. The predicted molar refractivity (Wildman–Crippen MR) is 109 cm³/mol. The van der Waals surface area contributed by atoms with Gasteiger partial charge in [0, 0.05) is 16.6 Å². The van der Waals surface area contributed by atoms with Crippen molar-refractivity contribution in [2.45, 2.75) is 12.0 Å². The molecule has 4 aromatic rings. The largest absolute Gasteiger partial charge is 0.377 e. The lowest BCUT2D eigenvalue weighted by atomic mass is 9.79. The molecule has 0 aliphatic carbocycles. The number of aromatic nitrogens is 2. The summed E-state index contributed by atoms with van der Waals surface area (Å²) < 4.78 is 0. The third-order valence-electron chi connectivity index (χ3n) is 5.35. The second-order valence-electron chi connectivity index (χ2n) is 6.96. The zero-order valence-electron chi connectivity index (χ0n) is 14.9. The Labute approximate surface area is 161 Å². The van der Waals surface area contributed by atoms with Gasteiger partial charge in [0.05, 0.1) is 23.0 Å². The minimum Gasteiger partial charge on any atom is -0.377 e. The Morgan fingerprint density at radius 1 is 0.893 bits per heavy atom. The van der Waals surface area contributed by atoms with E-state index in [0.717, 1.165) is 34.2 Å². The number of anilines is 1. The van der Waals surface area contributed by atoms with Crippen LogP contribution in [0.2, 0.25) is 0 Å². The molecule has 2 heterocycles. The third kappa shape index (κ3) is 2.52. The van der Waals surface area contributed by atoms with E-state index in [9.17, 15) is 9.59 Å². The van der Waals surface area contributed by atoms with Crippen molar-refractivity contribution >= 4 is 22.7 Å². The highest BCUT2D eigenvalue weighted by Gasteiger charge is 2.34. The van der Waals surface area contributed by atoms with E-state index in [-0.39, 0.29) is 17.5 Å². The molecule has 0 saturated heterocycles. The second kappa shape index (κ2) is 6.46. The van der Waals surface area contributed by atoms with Gasteiger partial charge in [0.2, 0.25) is 0 Å². The van der Waals surface area contributed by atoms with Crippen LogP contribution in [0.25, 0.3) is 10.8 Å². The summed E-state index contributed by atoms with van der Waals surface area (Å²) in [4.78, 5) is 23.7. The van der Waals surface area contributed by atoms with Crippen molar-refractivity contribution < 1.29 is 4.79 Å². The van der Waals surface area contributed by atoms with Crippen LogP contribution < -0.4 is 10.9 Å². The van der Waals surface area contributed by atoms with Crippen LogP contribution >= 0.6 is 0 Å². The molecule has 1 aliphatic heterocycles. The van der Waals surface area contributed by atoms with E-state index < -0.39 is 0 Å². The van der Waals surface area contributed by atoms with Crippen LogP contribution in [0.3, 0.4) is 0 Å². The molecule has 0 saturated carbocycles. The molecule has 1 aliphatic rings. The van der Waals surface area contributed by atoms with Crippen LogP contribution in [0.15, 0.2) is 77.6 Å². The van der Waals surface area contributed by atoms with Gasteiger partial charge in [0.1, 0.15) is 6.29 Å². The van der Waals surface area contributed by atoms with Crippen molar-refractivity contribution in [2.75, 3.05) is 5.32 Å². The number of aromatic amines is 1. The zero-order valence-corrected chi connectivity index (χ0v) is 14.9. The van der Waals surface area contributed by atoms with Crippen molar-refractivity contribution in [1.29, 1.82) is 0 Å². The average molecular weight is 367 g/mol. The molecule has 0 radical (unpaired) electrons. The molecule has 0 spiro atoms. The van der Waals surface area contributed by atoms with Gasteiger partial charge < -0.3 is 5.32 Å². The lowest BCUT2D eigenvalue weighted by Crippen LogP contribution is -2.28. The summed E-state index contributed by atoms with van der Waals surface area (Å²) in [6.45, 7) is 0. The van der Waals surface area contributed by atoms with Crippen molar-refractivity contribution in [3.8, 4) is 0 Å². The molecule has 0 amide bonds. The number of hydrogen-bond acceptors (Lipinski definition) is 4. The monoisotopic (exact) mass is 367 g/mol. The number of aldehydes is 1. The van der Waals surface area contributed by atoms with Gasteiger partial charge in [-0.15, -0.1) is 0 Å². The summed E-state index contributed by atoms with van der Waals surface area (Å²) in [6, 6.07) is 23.3. The standard InChI is InChI=1S/C23H17N3O2/c27-13-14-6-4-9-16(12-14)19-21(15-7-2-1-3-8-15)24-18-11-5-10-17-20(18)22(19)25-26-23(17)28/h1-13,19,21,24H,(H,26,28).